The number of carbonyl (C=O) groups is 2. The van der Waals surface area contributed by atoms with Crippen molar-refractivity contribution < 1.29 is 14.3 Å². The molecule has 2 aromatic rings. The Hall–Kier alpha value is -3.16. The van der Waals surface area contributed by atoms with Gasteiger partial charge in [-0.1, -0.05) is 12.1 Å². The van der Waals surface area contributed by atoms with Gasteiger partial charge in [-0.25, -0.2) is 14.8 Å². The predicted molar refractivity (Wildman–Crippen MR) is 94.2 cm³/mol. The molecule has 1 aromatic carbocycles. The van der Waals surface area contributed by atoms with Crippen LogP contribution in [0.3, 0.4) is 0 Å². The van der Waals surface area contributed by atoms with E-state index in [0.29, 0.717) is 31.6 Å². The average molecular weight is 353 g/mol. The fourth-order valence-corrected chi connectivity index (χ4v) is 3.50. The van der Waals surface area contributed by atoms with Crippen LogP contribution in [0.2, 0.25) is 0 Å². The quantitative estimate of drug-likeness (QED) is 0.875. The third-order valence-corrected chi connectivity index (χ3v) is 4.88. The molecule has 0 aliphatic carbocycles. The summed E-state index contributed by atoms with van der Waals surface area (Å²) in [5.74, 6) is 0.161. The molecular weight excluding hydrogens is 334 g/mol. The van der Waals surface area contributed by atoms with Gasteiger partial charge in [-0.05, 0) is 17.7 Å². The van der Waals surface area contributed by atoms with E-state index in [1.165, 1.54) is 0 Å². The highest BCUT2D eigenvalue weighted by atomic mass is 16.6. The van der Waals surface area contributed by atoms with Crippen molar-refractivity contribution in [3.05, 3.63) is 42.2 Å². The lowest BCUT2D eigenvalue weighted by molar-refractivity contribution is 0.0553. The van der Waals surface area contributed by atoms with Gasteiger partial charge in [-0.2, -0.15) is 0 Å². The maximum atomic E-state index is 12.8. The first-order chi connectivity index (χ1) is 12.5. The second-order valence-electron chi connectivity index (χ2n) is 6.79. The Morgan fingerprint density at radius 1 is 1.15 bits per heavy atom. The van der Waals surface area contributed by atoms with Crippen molar-refractivity contribution >= 4 is 17.9 Å². The third kappa shape index (κ3) is 2.83. The van der Waals surface area contributed by atoms with Crippen LogP contribution in [0.15, 0.2) is 36.7 Å². The van der Waals surface area contributed by atoms with E-state index in [0.717, 1.165) is 11.1 Å². The number of anilines is 1. The first-order valence-electron chi connectivity index (χ1n) is 8.37. The van der Waals surface area contributed by atoms with Gasteiger partial charge in [0.15, 0.2) is 5.60 Å². The minimum atomic E-state index is -0.567. The molecule has 2 aliphatic heterocycles. The van der Waals surface area contributed by atoms with Gasteiger partial charge in [0.2, 0.25) is 5.95 Å². The highest BCUT2D eigenvalue weighted by Crippen LogP contribution is 2.32. The summed E-state index contributed by atoms with van der Waals surface area (Å²) in [6, 6.07) is 7.28. The third-order valence-electron chi connectivity index (χ3n) is 4.88. The summed E-state index contributed by atoms with van der Waals surface area (Å²) in [5.41, 5.74) is 7.27. The zero-order valence-electron chi connectivity index (χ0n) is 14.4. The molecule has 1 atom stereocenters. The number of nitrogens with two attached hydrogens (primary N) is 1. The molecule has 2 fully saturated rings. The van der Waals surface area contributed by atoms with E-state index in [9.17, 15) is 9.59 Å². The molecule has 2 N–H and O–H groups in total. The lowest BCUT2D eigenvalue weighted by atomic mass is 10.0. The molecule has 26 heavy (non-hydrogen) atoms. The van der Waals surface area contributed by atoms with Crippen LogP contribution in [0.25, 0.3) is 11.1 Å². The number of amides is 2. The summed E-state index contributed by atoms with van der Waals surface area (Å²) in [4.78, 5) is 35.7. The lowest BCUT2D eigenvalue weighted by Gasteiger charge is -2.21. The number of nitrogens with zero attached hydrogens (tertiary/aromatic N) is 4. The van der Waals surface area contributed by atoms with Crippen molar-refractivity contribution in [2.75, 3.05) is 32.4 Å². The summed E-state index contributed by atoms with van der Waals surface area (Å²) in [6.45, 7) is 1.52. The molecule has 2 saturated heterocycles. The Balaban J connectivity index is 1.47. The highest BCUT2D eigenvalue weighted by molar-refractivity contribution is 5.95. The van der Waals surface area contributed by atoms with E-state index in [4.69, 9.17) is 10.5 Å². The monoisotopic (exact) mass is 353 g/mol. The van der Waals surface area contributed by atoms with E-state index in [2.05, 4.69) is 9.97 Å². The normalized spacial score (nSPS) is 22.1. The van der Waals surface area contributed by atoms with Crippen LogP contribution in [-0.2, 0) is 4.74 Å². The van der Waals surface area contributed by atoms with E-state index in [1.54, 1.807) is 41.4 Å². The van der Waals surface area contributed by atoms with E-state index in [-0.39, 0.29) is 17.9 Å². The van der Waals surface area contributed by atoms with Crippen LogP contribution < -0.4 is 5.73 Å². The number of benzene rings is 1. The standard InChI is InChI=1S/C18H19N5O3/c1-22-10-18(26-17(22)25)6-7-23(11-18)15(24)13-4-2-12(3-5-13)14-8-20-16(19)21-9-14/h2-5,8-9H,6-7,10-11H2,1H3,(H2,19,20,21). The first kappa shape index (κ1) is 16.3. The zero-order valence-corrected chi connectivity index (χ0v) is 14.4. The van der Waals surface area contributed by atoms with Gasteiger partial charge in [-0.3, -0.25) is 4.79 Å². The number of likely N-dealkylation sites (tertiary alicyclic amines) is 1. The Labute approximate surface area is 150 Å². The highest BCUT2D eigenvalue weighted by Gasteiger charge is 2.49. The second-order valence-corrected chi connectivity index (χ2v) is 6.79. The van der Waals surface area contributed by atoms with Crippen molar-refractivity contribution in [3.63, 3.8) is 0 Å². The van der Waals surface area contributed by atoms with Crippen molar-refractivity contribution in [1.82, 2.24) is 19.8 Å². The largest absolute Gasteiger partial charge is 0.439 e. The summed E-state index contributed by atoms with van der Waals surface area (Å²) in [6.07, 6.45) is 3.63. The van der Waals surface area contributed by atoms with Crippen LogP contribution in [0, 0.1) is 0 Å². The van der Waals surface area contributed by atoms with Crippen molar-refractivity contribution in [2.45, 2.75) is 12.0 Å². The lowest BCUT2D eigenvalue weighted by Crippen LogP contribution is -2.39. The molecule has 1 aromatic heterocycles. The molecule has 4 rings (SSSR count). The number of hydrogen-bond donors (Lipinski definition) is 1. The van der Waals surface area contributed by atoms with Crippen LogP contribution in [-0.4, -0.2) is 64.1 Å². The molecule has 1 spiro atoms. The van der Waals surface area contributed by atoms with Crippen LogP contribution >= 0.6 is 0 Å². The van der Waals surface area contributed by atoms with E-state index < -0.39 is 5.60 Å². The number of likely N-dealkylation sites (N-methyl/N-ethyl adjacent to an activating group) is 1. The molecule has 0 radical (unpaired) electrons. The maximum Gasteiger partial charge on any atom is 0.410 e. The van der Waals surface area contributed by atoms with Crippen LogP contribution in [0.1, 0.15) is 16.8 Å². The summed E-state index contributed by atoms with van der Waals surface area (Å²) < 4.78 is 5.49. The minimum Gasteiger partial charge on any atom is -0.439 e. The molecule has 1 unspecified atom stereocenters. The number of carbonyl (C=O) groups excluding carboxylic acids is 2. The summed E-state index contributed by atoms with van der Waals surface area (Å²) in [5, 5.41) is 0. The number of hydrogen-bond acceptors (Lipinski definition) is 6. The van der Waals surface area contributed by atoms with Gasteiger partial charge in [0.1, 0.15) is 0 Å². The number of rotatable bonds is 2. The molecule has 0 bridgehead atoms. The zero-order chi connectivity index (χ0) is 18.3. The Kier molecular flexibility index (Phi) is 3.75. The van der Waals surface area contributed by atoms with Crippen LogP contribution in [0.5, 0.6) is 0 Å². The summed E-state index contributed by atoms with van der Waals surface area (Å²) in [7, 11) is 1.71. The molecular formula is C18H19N5O3. The molecule has 2 aliphatic rings. The van der Waals surface area contributed by atoms with Gasteiger partial charge in [0, 0.05) is 43.5 Å². The SMILES string of the molecule is CN1CC2(CCN(C(=O)c3ccc(-c4cnc(N)nc4)cc3)C2)OC1=O. The number of aromatic nitrogens is 2. The Bertz CT molecular complexity index is 852. The topological polar surface area (TPSA) is 102 Å². The maximum absolute atomic E-state index is 12.8. The van der Waals surface area contributed by atoms with Crippen LogP contribution in [0.4, 0.5) is 10.7 Å². The second kappa shape index (κ2) is 5.98. The fraction of sp³-hybridized carbons (Fsp3) is 0.333. The molecule has 134 valence electrons. The van der Waals surface area contributed by atoms with Crippen molar-refractivity contribution in [2.24, 2.45) is 0 Å². The molecule has 2 amide bonds. The molecule has 8 nitrogen and oxygen atoms in total. The molecule has 3 heterocycles. The minimum absolute atomic E-state index is 0.0624. The van der Waals surface area contributed by atoms with Crippen molar-refractivity contribution in [1.29, 1.82) is 0 Å². The smallest absolute Gasteiger partial charge is 0.410 e. The van der Waals surface area contributed by atoms with Gasteiger partial charge in [0.05, 0.1) is 13.1 Å². The molecule has 0 saturated carbocycles. The average Bonchev–Trinajstić information content (AvgIpc) is 3.17. The molecule has 8 heteroatoms. The van der Waals surface area contributed by atoms with E-state index in [1.807, 2.05) is 12.1 Å². The Morgan fingerprint density at radius 2 is 1.85 bits per heavy atom. The van der Waals surface area contributed by atoms with E-state index >= 15 is 0 Å². The van der Waals surface area contributed by atoms with Gasteiger partial charge >= 0.3 is 6.09 Å². The number of ether oxygens (including phenoxy) is 1. The first-order valence-corrected chi connectivity index (χ1v) is 8.37. The predicted octanol–water partition coefficient (Wildman–Crippen LogP) is 1.39. The van der Waals surface area contributed by atoms with Gasteiger partial charge in [0.25, 0.3) is 5.91 Å². The van der Waals surface area contributed by atoms with Crippen molar-refractivity contribution in [3.8, 4) is 11.1 Å². The fourth-order valence-electron chi connectivity index (χ4n) is 3.50. The Morgan fingerprint density at radius 3 is 2.46 bits per heavy atom. The van der Waals surface area contributed by atoms with Gasteiger partial charge < -0.3 is 20.3 Å². The number of nitrogen functional groups attached to an aromatic ring is 1. The van der Waals surface area contributed by atoms with Gasteiger partial charge in [-0.15, -0.1) is 0 Å². The summed E-state index contributed by atoms with van der Waals surface area (Å²) >= 11 is 0.